The average molecular weight is 295 g/mol. The van der Waals surface area contributed by atoms with Crippen LogP contribution in [0.15, 0.2) is 66.2 Å². The molecular weight excluding hydrogens is 285 g/mol. The van der Waals surface area contributed by atoms with Crippen LogP contribution in [0.2, 0.25) is 0 Å². The van der Waals surface area contributed by atoms with Crippen molar-refractivity contribution in [2.75, 3.05) is 0 Å². The van der Waals surface area contributed by atoms with Gasteiger partial charge < -0.3 is 4.74 Å². The van der Waals surface area contributed by atoms with Gasteiger partial charge in [0.25, 0.3) is 5.78 Å². The Morgan fingerprint density at radius 1 is 0.857 bits per heavy atom. The zero-order valence-electron chi connectivity index (χ0n) is 10.9. The van der Waals surface area contributed by atoms with Gasteiger partial charge in [-0.25, -0.2) is 4.79 Å². The van der Waals surface area contributed by atoms with E-state index in [0.29, 0.717) is 16.0 Å². The quantitative estimate of drug-likeness (QED) is 0.378. The summed E-state index contributed by atoms with van der Waals surface area (Å²) >= 11 is 5.38. The number of hydrogen-bond acceptors (Lipinski definition) is 4. The third kappa shape index (κ3) is 2.41. The van der Waals surface area contributed by atoms with Crippen molar-refractivity contribution in [2.24, 2.45) is 0 Å². The Morgan fingerprint density at radius 2 is 1.43 bits per heavy atom. The highest BCUT2D eigenvalue weighted by molar-refractivity contribution is 7.81. The van der Waals surface area contributed by atoms with Gasteiger partial charge in [-0.15, -0.1) is 0 Å². The number of Topliss-reactive ketones (excluding diaryl/α,β-unsaturated/α-hetero) is 1. The fourth-order valence-corrected chi connectivity index (χ4v) is 2.45. The molecule has 0 radical (unpaired) electrons. The van der Waals surface area contributed by atoms with Crippen LogP contribution in [0.25, 0.3) is 5.76 Å². The molecule has 3 nitrogen and oxygen atoms in total. The summed E-state index contributed by atoms with van der Waals surface area (Å²) in [6, 6.07) is 18.1. The van der Waals surface area contributed by atoms with E-state index >= 15 is 0 Å². The van der Waals surface area contributed by atoms with Gasteiger partial charge >= 0.3 is 5.97 Å². The minimum atomic E-state index is -0.887. The normalized spacial score (nSPS) is 14.3. The summed E-state index contributed by atoms with van der Waals surface area (Å²) in [5, 5.41) is 0. The van der Waals surface area contributed by atoms with Crippen LogP contribution in [-0.2, 0) is 14.3 Å². The van der Waals surface area contributed by atoms with Gasteiger partial charge in [0.15, 0.2) is 5.76 Å². The summed E-state index contributed by atoms with van der Waals surface area (Å²) in [6.45, 7) is 0. The predicted octanol–water partition coefficient (Wildman–Crippen LogP) is 2.94. The topological polar surface area (TPSA) is 43.4 Å². The highest BCUT2D eigenvalue weighted by Gasteiger charge is 2.37. The molecule has 0 unspecified atom stereocenters. The van der Waals surface area contributed by atoms with Gasteiger partial charge in [0.05, 0.1) is 10.4 Å². The number of hydrogen-bond donors (Lipinski definition) is 0. The Hall–Kier alpha value is -2.59. The number of benzene rings is 2. The van der Waals surface area contributed by atoms with E-state index in [1.807, 2.05) is 36.4 Å². The number of thiocarbonyl (C=S) groups is 1. The molecular formula is C17H10O3S. The maximum absolute atomic E-state index is 12.1. The van der Waals surface area contributed by atoms with Crippen molar-refractivity contribution in [3.63, 3.8) is 0 Å². The average Bonchev–Trinajstić information content (AvgIpc) is 2.84. The number of cyclic esters (lactones) is 1. The van der Waals surface area contributed by atoms with Gasteiger partial charge in [-0.1, -0.05) is 72.9 Å². The molecule has 4 heteroatoms. The molecule has 0 aromatic heterocycles. The first-order chi connectivity index (χ1) is 10.2. The zero-order chi connectivity index (χ0) is 14.8. The molecule has 0 saturated heterocycles. The van der Waals surface area contributed by atoms with E-state index in [1.165, 1.54) is 0 Å². The Labute approximate surface area is 126 Å². The van der Waals surface area contributed by atoms with Gasteiger partial charge in [0.2, 0.25) is 0 Å². The monoisotopic (exact) mass is 295 g/mol. The molecule has 0 fully saturated rings. The SMILES string of the molecule is O=C1[17O]C(c2ccccc2)=C(C(=S)c2ccccc2)C1=O. The van der Waals surface area contributed by atoms with E-state index in [-0.39, 0.29) is 11.3 Å². The number of ketones is 1. The number of carbonyl (C=O) groups excluding carboxylic acids is 2. The van der Waals surface area contributed by atoms with Crippen molar-refractivity contribution >= 4 is 34.6 Å². The van der Waals surface area contributed by atoms with Crippen LogP contribution in [0.1, 0.15) is 11.1 Å². The summed E-state index contributed by atoms with van der Waals surface area (Å²) in [5.74, 6) is -1.34. The van der Waals surface area contributed by atoms with Gasteiger partial charge in [-0.05, 0) is 5.56 Å². The van der Waals surface area contributed by atoms with Crippen molar-refractivity contribution < 1.29 is 14.3 Å². The molecule has 21 heavy (non-hydrogen) atoms. The first kappa shape index (κ1) is 13.4. The second kappa shape index (κ2) is 5.42. The van der Waals surface area contributed by atoms with E-state index in [0.717, 1.165) is 0 Å². The second-order valence-electron chi connectivity index (χ2n) is 4.48. The third-order valence-electron chi connectivity index (χ3n) is 3.13. The minimum absolute atomic E-state index is 0.160. The lowest BCUT2D eigenvalue weighted by atomic mass is 9.99. The van der Waals surface area contributed by atoms with E-state index in [9.17, 15) is 9.59 Å². The summed E-state index contributed by atoms with van der Waals surface area (Å²) in [4.78, 5) is 24.0. The molecule has 102 valence electrons. The molecule has 2 aromatic carbocycles. The van der Waals surface area contributed by atoms with E-state index in [2.05, 4.69) is 0 Å². The van der Waals surface area contributed by atoms with Crippen LogP contribution in [0.3, 0.4) is 0 Å². The highest BCUT2D eigenvalue weighted by Crippen LogP contribution is 2.29. The standard InChI is InChI=1S/C17H10O3S/c18-14-13(16(21)12-9-5-2-6-10-12)15(20-17(14)19)11-7-3-1-4-8-11/h1-10H/i20+1. The van der Waals surface area contributed by atoms with Crippen molar-refractivity contribution in [1.29, 1.82) is 0 Å². The van der Waals surface area contributed by atoms with E-state index in [4.69, 9.17) is 17.0 Å². The lowest BCUT2D eigenvalue weighted by Crippen LogP contribution is -2.15. The number of rotatable bonds is 3. The molecule has 0 N–H and O–H groups in total. The third-order valence-corrected chi connectivity index (χ3v) is 3.57. The molecule has 0 atom stereocenters. The van der Waals surface area contributed by atoms with E-state index in [1.54, 1.807) is 24.3 Å². The molecule has 0 aliphatic carbocycles. The van der Waals surface area contributed by atoms with Crippen molar-refractivity contribution in [3.05, 3.63) is 77.4 Å². The van der Waals surface area contributed by atoms with Gasteiger partial charge in [0, 0.05) is 5.56 Å². The number of esters is 1. The Balaban J connectivity index is 2.13. The predicted molar refractivity (Wildman–Crippen MR) is 82.6 cm³/mol. The first-order valence-electron chi connectivity index (χ1n) is 6.34. The largest absolute Gasteiger partial charge is 0.419 e. The molecule has 0 saturated carbocycles. The van der Waals surface area contributed by atoms with Crippen LogP contribution in [0.5, 0.6) is 0 Å². The number of carbonyl (C=O) groups is 2. The van der Waals surface area contributed by atoms with Crippen LogP contribution in [0, 0.1) is 0 Å². The second-order valence-corrected chi connectivity index (χ2v) is 4.89. The fraction of sp³-hybridized carbons (Fsp3) is 0. The smallest absolute Gasteiger partial charge is 0.385 e. The molecule has 1 aliphatic heterocycles. The van der Waals surface area contributed by atoms with E-state index < -0.39 is 11.8 Å². The molecule has 0 spiro atoms. The van der Waals surface area contributed by atoms with Crippen molar-refractivity contribution in [2.45, 2.75) is 0 Å². The number of ether oxygens (including phenoxy) is 1. The Kier molecular flexibility index (Phi) is 3.46. The first-order valence-corrected chi connectivity index (χ1v) is 6.75. The maximum Gasteiger partial charge on any atom is 0.385 e. The summed E-state index contributed by atoms with van der Waals surface area (Å²) in [6.07, 6.45) is 0. The van der Waals surface area contributed by atoms with Gasteiger partial charge in [-0.3, -0.25) is 4.79 Å². The van der Waals surface area contributed by atoms with Crippen LogP contribution in [0.4, 0.5) is 0 Å². The van der Waals surface area contributed by atoms with Crippen LogP contribution >= 0.6 is 12.2 Å². The van der Waals surface area contributed by atoms with Gasteiger partial charge in [-0.2, -0.15) is 0 Å². The van der Waals surface area contributed by atoms with Crippen LogP contribution in [-0.4, -0.2) is 16.6 Å². The Bertz CT molecular complexity index is 761. The highest BCUT2D eigenvalue weighted by atomic mass is 32.1. The molecule has 0 amide bonds. The molecule has 2 aromatic rings. The maximum atomic E-state index is 12.1. The van der Waals surface area contributed by atoms with Crippen LogP contribution < -0.4 is 0 Å². The van der Waals surface area contributed by atoms with Gasteiger partial charge in [0.1, 0.15) is 0 Å². The summed E-state index contributed by atoms with van der Waals surface area (Å²) in [7, 11) is 0. The Morgan fingerprint density at radius 3 is 2.05 bits per heavy atom. The minimum Gasteiger partial charge on any atom is -0.419 e. The molecule has 1 aliphatic rings. The van der Waals surface area contributed by atoms with Crippen molar-refractivity contribution in [1.82, 2.24) is 0 Å². The molecule has 0 bridgehead atoms. The van der Waals surface area contributed by atoms with Crippen molar-refractivity contribution in [3.8, 4) is 0 Å². The summed E-state index contributed by atoms with van der Waals surface area (Å²) in [5.41, 5.74) is 1.53. The molecule has 3 rings (SSSR count). The zero-order valence-corrected chi connectivity index (χ0v) is 11.7. The lowest BCUT2D eigenvalue weighted by Gasteiger charge is -2.06. The molecule has 1 heterocycles. The summed E-state index contributed by atoms with van der Waals surface area (Å²) < 4.78 is 5.12. The fourth-order valence-electron chi connectivity index (χ4n) is 2.13. The lowest BCUT2D eigenvalue weighted by molar-refractivity contribution is -0.144.